The molecule has 1 unspecified atom stereocenters. The number of nitrogens with zero attached hydrogens (tertiary/aromatic N) is 3. The van der Waals surface area contributed by atoms with Gasteiger partial charge in [0.2, 0.25) is 11.1 Å². The number of nitrogens with two attached hydrogens (primary N) is 1. The molecule has 27 heavy (non-hydrogen) atoms. The van der Waals surface area contributed by atoms with E-state index in [1.807, 2.05) is 6.92 Å². The number of furan rings is 1. The minimum Gasteiger partial charge on any atom is -0.486 e. The fourth-order valence-corrected chi connectivity index (χ4v) is 2.89. The Morgan fingerprint density at radius 2 is 2.15 bits per heavy atom. The minimum absolute atomic E-state index is 0.0669. The van der Waals surface area contributed by atoms with Gasteiger partial charge in [0.1, 0.15) is 23.9 Å². The van der Waals surface area contributed by atoms with Crippen LogP contribution in [0.1, 0.15) is 24.6 Å². The summed E-state index contributed by atoms with van der Waals surface area (Å²) in [4.78, 5) is 12.1. The first-order valence-corrected chi connectivity index (χ1v) is 9.05. The third-order valence-corrected chi connectivity index (χ3v) is 4.54. The van der Waals surface area contributed by atoms with Crippen molar-refractivity contribution in [2.45, 2.75) is 24.7 Å². The van der Waals surface area contributed by atoms with E-state index in [1.165, 1.54) is 28.9 Å². The smallest absolute Gasteiger partial charge is 0.231 e. The molecule has 1 amide bonds. The second kappa shape index (κ2) is 8.58. The van der Waals surface area contributed by atoms with Gasteiger partial charge in [-0.05, 0) is 43.3 Å². The standard InChI is InChI=1S/C17H18FN5O3S/c1-11(14-3-2-8-25-14)20-16(24)10-27-17-22-21-15(23(17)19)9-26-13-6-4-12(18)5-7-13/h2-8,11H,9-10,19H2,1H3,(H,20,24). The Hall–Kier alpha value is -3.01. The van der Waals surface area contributed by atoms with Crippen LogP contribution in [0.2, 0.25) is 0 Å². The molecule has 0 aliphatic carbocycles. The summed E-state index contributed by atoms with van der Waals surface area (Å²) in [7, 11) is 0. The molecule has 0 radical (unpaired) electrons. The maximum atomic E-state index is 12.9. The molecule has 0 aliphatic heterocycles. The Bertz CT molecular complexity index is 883. The summed E-state index contributed by atoms with van der Waals surface area (Å²) in [6.07, 6.45) is 1.55. The molecule has 2 heterocycles. The largest absolute Gasteiger partial charge is 0.486 e. The zero-order valence-corrected chi connectivity index (χ0v) is 15.3. The third kappa shape index (κ3) is 5.00. The summed E-state index contributed by atoms with van der Waals surface area (Å²) in [5.41, 5.74) is 0. The van der Waals surface area contributed by atoms with Gasteiger partial charge in [-0.3, -0.25) is 4.79 Å². The monoisotopic (exact) mass is 391 g/mol. The number of nitrogens with one attached hydrogen (secondary N) is 1. The molecule has 0 bridgehead atoms. The van der Waals surface area contributed by atoms with Crippen molar-refractivity contribution in [3.05, 3.63) is 60.1 Å². The Morgan fingerprint density at radius 3 is 2.85 bits per heavy atom. The Balaban J connectivity index is 1.49. The number of thioether (sulfide) groups is 1. The van der Waals surface area contributed by atoms with Gasteiger partial charge in [0.25, 0.3) is 0 Å². The summed E-state index contributed by atoms with van der Waals surface area (Å²) in [5, 5.41) is 11.1. The predicted octanol–water partition coefficient (Wildman–Crippen LogP) is 2.27. The lowest BCUT2D eigenvalue weighted by Crippen LogP contribution is -2.28. The van der Waals surface area contributed by atoms with Gasteiger partial charge in [0.05, 0.1) is 18.1 Å². The van der Waals surface area contributed by atoms with Gasteiger partial charge in [-0.15, -0.1) is 10.2 Å². The van der Waals surface area contributed by atoms with E-state index < -0.39 is 0 Å². The number of aromatic nitrogens is 3. The van der Waals surface area contributed by atoms with Crippen LogP contribution < -0.4 is 15.9 Å². The fraction of sp³-hybridized carbons (Fsp3) is 0.235. The van der Waals surface area contributed by atoms with Gasteiger partial charge in [0.15, 0.2) is 5.82 Å². The Kier molecular flexibility index (Phi) is 5.97. The first kappa shape index (κ1) is 18.8. The third-order valence-electron chi connectivity index (χ3n) is 3.60. The van der Waals surface area contributed by atoms with Gasteiger partial charge in [-0.2, -0.15) is 0 Å². The Labute approximate surface area is 158 Å². The van der Waals surface area contributed by atoms with Crippen molar-refractivity contribution in [3.63, 3.8) is 0 Å². The SMILES string of the molecule is CC(NC(=O)CSc1nnc(COc2ccc(F)cc2)n1N)c1ccco1. The van der Waals surface area contributed by atoms with E-state index in [1.54, 1.807) is 18.4 Å². The van der Waals surface area contributed by atoms with E-state index in [0.717, 1.165) is 11.8 Å². The molecular formula is C17H18FN5O3S. The highest BCUT2D eigenvalue weighted by Gasteiger charge is 2.15. The number of benzene rings is 1. The van der Waals surface area contributed by atoms with Crippen molar-refractivity contribution >= 4 is 17.7 Å². The number of ether oxygens (including phenoxy) is 1. The second-order valence-corrected chi connectivity index (χ2v) is 6.55. The molecule has 1 atom stereocenters. The number of hydrogen-bond donors (Lipinski definition) is 2. The van der Waals surface area contributed by atoms with Gasteiger partial charge in [-0.1, -0.05) is 11.8 Å². The zero-order chi connectivity index (χ0) is 19.2. The number of carbonyl (C=O) groups is 1. The van der Waals surface area contributed by atoms with Crippen molar-refractivity contribution in [2.75, 3.05) is 11.6 Å². The first-order chi connectivity index (χ1) is 13.0. The molecule has 0 aliphatic rings. The van der Waals surface area contributed by atoms with Crippen molar-refractivity contribution in [3.8, 4) is 5.75 Å². The van der Waals surface area contributed by atoms with Crippen molar-refractivity contribution in [1.82, 2.24) is 20.2 Å². The zero-order valence-electron chi connectivity index (χ0n) is 14.5. The quantitative estimate of drug-likeness (QED) is 0.448. The second-order valence-electron chi connectivity index (χ2n) is 5.60. The molecule has 0 spiro atoms. The predicted molar refractivity (Wildman–Crippen MR) is 96.9 cm³/mol. The summed E-state index contributed by atoms with van der Waals surface area (Å²) in [5.74, 6) is 7.08. The molecule has 10 heteroatoms. The highest BCUT2D eigenvalue weighted by atomic mass is 32.2. The molecule has 3 rings (SSSR count). The number of halogens is 1. The molecule has 142 valence electrons. The minimum atomic E-state index is -0.345. The van der Waals surface area contributed by atoms with Gasteiger partial charge < -0.3 is 20.3 Å². The van der Waals surface area contributed by atoms with E-state index in [2.05, 4.69) is 15.5 Å². The molecule has 3 N–H and O–H groups in total. The maximum Gasteiger partial charge on any atom is 0.231 e. The number of nitrogen functional groups attached to an aromatic ring is 1. The summed E-state index contributed by atoms with van der Waals surface area (Å²) >= 11 is 1.16. The van der Waals surface area contributed by atoms with E-state index in [-0.39, 0.29) is 30.1 Å². The lowest BCUT2D eigenvalue weighted by molar-refractivity contribution is -0.119. The van der Waals surface area contributed by atoms with E-state index in [0.29, 0.717) is 22.5 Å². The average Bonchev–Trinajstić information content (AvgIpc) is 3.30. The van der Waals surface area contributed by atoms with Gasteiger partial charge in [0, 0.05) is 0 Å². The summed E-state index contributed by atoms with van der Waals surface area (Å²) in [6.45, 7) is 1.90. The molecular weight excluding hydrogens is 373 g/mol. The number of rotatable bonds is 8. The molecule has 0 saturated heterocycles. The van der Waals surface area contributed by atoms with Crippen molar-refractivity contribution < 1.29 is 18.3 Å². The summed E-state index contributed by atoms with van der Waals surface area (Å²) in [6, 6.07) is 8.93. The lowest BCUT2D eigenvalue weighted by atomic mass is 10.2. The van der Waals surface area contributed by atoms with Gasteiger partial charge in [-0.25, -0.2) is 9.07 Å². The summed E-state index contributed by atoms with van der Waals surface area (Å²) < 4.78 is 24.9. The normalized spacial score (nSPS) is 11.9. The van der Waals surface area contributed by atoms with Crippen LogP contribution in [-0.4, -0.2) is 26.5 Å². The number of hydrogen-bond acceptors (Lipinski definition) is 7. The van der Waals surface area contributed by atoms with Crippen LogP contribution >= 0.6 is 11.8 Å². The molecule has 1 aromatic carbocycles. The first-order valence-electron chi connectivity index (χ1n) is 8.06. The van der Waals surface area contributed by atoms with E-state index in [9.17, 15) is 9.18 Å². The Morgan fingerprint density at radius 1 is 1.37 bits per heavy atom. The van der Waals surface area contributed by atoms with E-state index >= 15 is 0 Å². The average molecular weight is 391 g/mol. The number of carbonyl (C=O) groups excluding carboxylic acids is 1. The number of amides is 1. The molecule has 2 aromatic heterocycles. The molecule has 3 aromatic rings. The fourth-order valence-electron chi connectivity index (χ4n) is 2.20. The molecule has 0 fully saturated rings. The van der Waals surface area contributed by atoms with Crippen molar-refractivity contribution in [2.24, 2.45) is 0 Å². The topological polar surface area (TPSA) is 108 Å². The molecule has 0 saturated carbocycles. The van der Waals surface area contributed by atoms with Crippen LogP contribution in [0.3, 0.4) is 0 Å². The van der Waals surface area contributed by atoms with Gasteiger partial charge >= 0.3 is 0 Å². The van der Waals surface area contributed by atoms with Crippen LogP contribution in [0.4, 0.5) is 4.39 Å². The van der Waals surface area contributed by atoms with Crippen LogP contribution in [0.25, 0.3) is 0 Å². The van der Waals surface area contributed by atoms with Crippen LogP contribution in [0.5, 0.6) is 5.75 Å². The highest BCUT2D eigenvalue weighted by Crippen LogP contribution is 2.18. The molecule has 8 nitrogen and oxygen atoms in total. The lowest BCUT2D eigenvalue weighted by Gasteiger charge is -2.11. The maximum absolute atomic E-state index is 12.9. The van der Waals surface area contributed by atoms with Crippen LogP contribution in [0.15, 0.2) is 52.2 Å². The van der Waals surface area contributed by atoms with Crippen LogP contribution in [0, 0.1) is 5.82 Å². The highest BCUT2D eigenvalue weighted by molar-refractivity contribution is 7.99. The van der Waals surface area contributed by atoms with E-state index in [4.69, 9.17) is 15.0 Å². The van der Waals surface area contributed by atoms with Crippen LogP contribution in [-0.2, 0) is 11.4 Å². The van der Waals surface area contributed by atoms with Crippen molar-refractivity contribution in [1.29, 1.82) is 0 Å².